The van der Waals surface area contributed by atoms with Gasteiger partial charge in [-0.25, -0.2) is 4.79 Å². The minimum Gasteiger partial charge on any atom is -0.479 e. The highest BCUT2D eigenvalue weighted by Gasteiger charge is 2.50. The van der Waals surface area contributed by atoms with E-state index in [4.69, 9.17) is 23.7 Å². The van der Waals surface area contributed by atoms with Gasteiger partial charge in [0.15, 0.2) is 24.6 Å². The van der Waals surface area contributed by atoms with E-state index in [0.717, 1.165) is 128 Å². The van der Waals surface area contributed by atoms with Crippen molar-refractivity contribution in [3.63, 3.8) is 0 Å². The van der Waals surface area contributed by atoms with Crippen LogP contribution >= 0.6 is 0 Å². The van der Waals surface area contributed by atoms with E-state index in [0.29, 0.717) is 19.3 Å². The van der Waals surface area contributed by atoms with Crippen molar-refractivity contribution < 1.29 is 58.2 Å². The molecule has 12 heteroatoms. The third-order valence-electron chi connectivity index (χ3n) is 13.7. The summed E-state index contributed by atoms with van der Waals surface area (Å²) >= 11 is 0. The lowest BCUT2D eigenvalue weighted by molar-refractivity contribution is -0.301. The number of carbonyl (C=O) groups excluding carboxylic acids is 3. The first-order chi connectivity index (χ1) is 40.6. The molecule has 1 heterocycles. The number of aliphatic hydroxyl groups excluding tert-OH is 2. The van der Waals surface area contributed by atoms with Crippen molar-refractivity contribution in [1.29, 1.82) is 0 Å². The van der Waals surface area contributed by atoms with Gasteiger partial charge in [0.05, 0.1) is 6.61 Å². The second-order valence-corrected chi connectivity index (χ2v) is 21.3. The number of carbonyl (C=O) groups is 4. The van der Waals surface area contributed by atoms with E-state index in [1.54, 1.807) is 0 Å². The summed E-state index contributed by atoms with van der Waals surface area (Å²) in [5.74, 6) is -3.27. The molecule has 0 aromatic heterocycles. The average molecular weight is 1160 g/mol. The summed E-state index contributed by atoms with van der Waals surface area (Å²) in [5.41, 5.74) is 0. The highest BCUT2D eigenvalue weighted by molar-refractivity contribution is 5.74. The topological polar surface area (TPSA) is 175 Å². The van der Waals surface area contributed by atoms with E-state index < -0.39 is 67.3 Å². The molecule has 1 aliphatic heterocycles. The third-order valence-corrected chi connectivity index (χ3v) is 13.7. The summed E-state index contributed by atoms with van der Waals surface area (Å²) in [4.78, 5) is 51.3. The minimum atomic E-state index is -1.92. The lowest BCUT2D eigenvalue weighted by atomic mass is 9.98. The molecule has 1 saturated heterocycles. The van der Waals surface area contributed by atoms with Gasteiger partial charge < -0.3 is 39.0 Å². The Morgan fingerprint density at radius 2 is 0.783 bits per heavy atom. The maximum atomic E-state index is 13.2. The van der Waals surface area contributed by atoms with Crippen molar-refractivity contribution in [1.82, 2.24) is 0 Å². The summed E-state index contributed by atoms with van der Waals surface area (Å²) in [5, 5.41) is 31.6. The predicted molar refractivity (Wildman–Crippen MR) is 340 cm³/mol. The van der Waals surface area contributed by atoms with Crippen molar-refractivity contribution in [3.05, 3.63) is 134 Å². The van der Waals surface area contributed by atoms with Crippen molar-refractivity contribution >= 4 is 23.9 Å². The highest BCUT2D eigenvalue weighted by Crippen LogP contribution is 2.26. The zero-order chi connectivity index (χ0) is 60.3. The summed E-state index contributed by atoms with van der Waals surface area (Å²) in [7, 11) is 0. The average Bonchev–Trinajstić information content (AvgIpc) is 3.57. The highest BCUT2D eigenvalue weighted by atomic mass is 16.7. The molecular weight excluding hydrogens is 1040 g/mol. The van der Waals surface area contributed by atoms with Crippen LogP contribution in [0.15, 0.2) is 134 Å². The number of esters is 3. The fourth-order valence-corrected chi connectivity index (χ4v) is 8.85. The Morgan fingerprint density at radius 3 is 1.20 bits per heavy atom. The summed E-state index contributed by atoms with van der Waals surface area (Å²) < 4.78 is 28.4. The SMILES string of the molecule is CC/C=C\C/C=C\C/C=C\C/C=C\C/C=C\C/C=C\CCC(=O)OCC(COC1OC(C(=O)O)C(O)C(O)C1OC(=O)CCCCCCCCCCC/C=C\C/C=C\CCCCC)OC(=O)CCCCCCC/C=C\C/C=C\C/C=C\CC. The quantitative estimate of drug-likeness (QED) is 0.0228. The molecule has 1 rings (SSSR count). The van der Waals surface area contributed by atoms with Gasteiger partial charge in [-0.1, -0.05) is 231 Å². The predicted octanol–water partition coefficient (Wildman–Crippen LogP) is 17.3. The molecule has 6 unspecified atom stereocenters. The van der Waals surface area contributed by atoms with Crippen LogP contribution in [-0.2, 0) is 42.9 Å². The Bertz CT molecular complexity index is 1950. The summed E-state index contributed by atoms with van der Waals surface area (Å²) in [6.45, 7) is 5.67. The van der Waals surface area contributed by atoms with Gasteiger partial charge in [0.2, 0.25) is 0 Å². The Balaban J connectivity index is 2.72. The van der Waals surface area contributed by atoms with Crippen LogP contribution < -0.4 is 0 Å². The largest absolute Gasteiger partial charge is 0.479 e. The van der Waals surface area contributed by atoms with Crippen LogP contribution in [0.25, 0.3) is 0 Å². The van der Waals surface area contributed by atoms with Crippen LogP contribution in [0.3, 0.4) is 0 Å². The van der Waals surface area contributed by atoms with E-state index in [-0.39, 0.29) is 25.9 Å². The van der Waals surface area contributed by atoms with Crippen LogP contribution in [-0.4, -0.2) is 89.2 Å². The van der Waals surface area contributed by atoms with Gasteiger partial charge in [0.25, 0.3) is 0 Å². The van der Waals surface area contributed by atoms with E-state index in [9.17, 15) is 34.5 Å². The molecule has 12 nitrogen and oxygen atoms in total. The monoisotopic (exact) mass is 1160 g/mol. The normalized spacial score (nSPS) is 18.5. The van der Waals surface area contributed by atoms with Gasteiger partial charge in [0, 0.05) is 19.3 Å². The third kappa shape index (κ3) is 46.9. The molecule has 0 aromatic carbocycles. The molecule has 1 aliphatic rings. The number of aliphatic hydroxyl groups is 2. The maximum absolute atomic E-state index is 13.2. The molecular formula is C71H112O12. The molecule has 0 bridgehead atoms. The zero-order valence-electron chi connectivity index (χ0n) is 51.6. The molecule has 0 radical (unpaired) electrons. The Hall–Kier alpha value is -5.14. The van der Waals surface area contributed by atoms with Crippen LogP contribution in [0.1, 0.15) is 239 Å². The fourth-order valence-electron chi connectivity index (χ4n) is 8.85. The van der Waals surface area contributed by atoms with Crippen molar-refractivity contribution in [2.24, 2.45) is 0 Å². The Kier molecular flexibility index (Phi) is 52.4. The van der Waals surface area contributed by atoms with Gasteiger partial charge in [0.1, 0.15) is 18.8 Å². The molecule has 0 aliphatic carbocycles. The molecule has 83 heavy (non-hydrogen) atoms. The molecule has 3 N–H and O–H groups in total. The maximum Gasteiger partial charge on any atom is 0.335 e. The van der Waals surface area contributed by atoms with Gasteiger partial charge in [-0.15, -0.1) is 0 Å². The molecule has 468 valence electrons. The van der Waals surface area contributed by atoms with Gasteiger partial charge in [-0.05, 0) is 122 Å². The first-order valence-electron chi connectivity index (χ1n) is 32.2. The van der Waals surface area contributed by atoms with Crippen molar-refractivity contribution in [3.8, 4) is 0 Å². The van der Waals surface area contributed by atoms with Gasteiger partial charge in [-0.2, -0.15) is 0 Å². The second kappa shape index (κ2) is 57.3. The lowest BCUT2D eigenvalue weighted by Gasteiger charge is -2.40. The molecule has 6 atom stereocenters. The van der Waals surface area contributed by atoms with Crippen molar-refractivity contribution in [2.45, 2.75) is 276 Å². The fraction of sp³-hybridized carbons (Fsp3) is 0.634. The number of ether oxygens (including phenoxy) is 5. The number of allylic oxidation sites excluding steroid dienone is 22. The van der Waals surface area contributed by atoms with E-state index in [2.05, 4.69) is 142 Å². The summed E-state index contributed by atoms with van der Waals surface area (Å²) in [6, 6.07) is 0. The van der Waals surface area contributed by atoms with Gasteiger partial charge in [-0.3, -0.25) is 14.4 Å². The zero-order valence-corrected chi connectivity index (χ0v) is 51.6. The minimum absolute atomic E-state index is 0.0395. The number of hydrogen-bond acceptors (Lipinski definition) is 11. The molecule has 0 aromatic rings. The molecule has 0 amide bonds. The second-order valence-electron chi connectivity index (χ2n) is 21.3. The van der Waals surface area contributed by atoms with E-state index >= 15 is 0 Å². The van der Waals surface area contributed by atoms with Gasteiger partial charge >= 0.3 is 23.9 Å². The Labute approximate surface area is 502 Å². The Morgan fingerprint density at radius 1 is 0.410 bits per heavy atom. The smallest absolute Gasteiger partial charge is 0.335 e. The number of aliphatic carboxylic acids is 1. The van der Waals surface area contributed by atoms with E-state index in [1.807, 2.05) is 12.2 Å². The lowest BCUT2D eigenvalue weighted by Crippen LogP contribution is -2.61. The first-order valence-corrected chi connectivity index (χ1v) is 32.2. The van der Waals surface area contributed by atoms with Crippen molar-refractivity contribution in [2.75, 3.05) is 13.2 Å². The molecule has 1 fully saturated rings. The standard InChI is InChI=1S/C71H112O12/c1-4-7-10-13-16-19-22-25-28-30-32-34-37-39-42-45-48-51-54-57-63(72)79-60-62(81-64(73)58-55-52-49-46-43-40-36-27-24-21-18-15-12-9-6-3)61-80-71-69(67(76)66(75)68(83-71)70(77)78)82-65(74)59-56-53-50-47-44-41-38-35-33-31-29-26-23-20-17-14-11-8-5-2/h7,9-10,12,16-21,25-29,32,34,36,39,42,48,51,62,66-69,71,75-76H,4-6,8,11,13-15,22-24,30-31,33,35,37-38,40-41,43-47,49-50,52-61H2,1-3H3,(H,77,78)/b10-7-,12-9-,19-16-,20-17-,21-18-,28-25-,29-26-,34-32-,36-27-,42-39-,51-48-. The number of rotatable bonds is 53. The molecule has 0 spiro atoms. The van der Waals surface area contributed by atoms with Crippen LogP contribution in [0.5, 0.6) is 0 Å². The number of carboxylic acids is 1. The number of hydrogen-bond donors (Lipinski definition) is 3. The van der Waals surface area contributed by atoms with E-state index in [1.165, 1.54) is 51.4 Å². The molecule has 0 saturated carbocycles. The number of carboxylic acid groups (broad SMARTS) is 1. The van der Waals surface area contributed by atoms with Crippen LogP contribution in [0.2, 0.25) is 0 Å². The first kappa shape index (κ1) is 75.9. The summed E-state index contributed by atoms with van der Waals surface area (Å²) in [6.07, 6.45) is 68.5. The van der Waals surface area contributed by atoms with Crippen LogP contribution in [0.4, 0.5) is 0 Å². The number of unbranched alkanes of at least 4 members (excludes halogenated alkanes) is 17. The van der Waals surface area contributed by atoms with Crippen LogP contribution in [0, 0.1) is 0 Å².